The summed E-state index contributed by atoms with van der Waals surface area (Å²) in [7, 11) is 3.58. The van der Waals surface area contributed by atoms with Crippen LogP contribution in [0.4, 0.5) is 0 Å². The third-order valence-electron chi connectivity index (χ3n) is 0.999. The zero-order valence-corrected chi connectivity index (χ0v) is 8.38. The Labute approximate surface area is 77.3 Å². The Morgan fingerprint density at radius 2 is 2.33 bits per heavy atom. The average molecular weight is 214 g/mol. The van der Waals surface area contributed by atoms with Crippen LogP contribution in [0.25, 0.3) is 10.4 Å². The lowest BCUT2D eigenvalue weighted by Crippen LogP contribution is -2.06. The van der Waals surface area contributed by atoms with E-state index in [1.54, 1.807) is 6.26 Å². The van der Waals surface area contributed by atoms with Crippen LogP contribution in [0.1, 0.15) is 0 Å². The van der Waals surface area contributed by atoms with Gasteiger partial charge in [-0.1, -0.05) is 14.6 Å². The largest absolute Gasteiger partial charge is 0.380 e. The average Bonchev–Trinajstić information content (AvgIpc) is 1.94. The molecule has 0 amide bonds. The summed E-state index contributed by atoms with van der Waals surface area (Å²) in [6, 6.07) is 0. The fourth-order valence-corrected chi connectivity index (χ4v) is 1.07. The van der Waals surface area contributed by atoms with Gasteiger partial charge in [0.2, 0.25) is 0 Å². The molecule has 12 heavy (non-hydrogen) atoms. The first-order chi connectivity index (χ1) is 5.56. The molecule has 0 heterocycles. The first-order valence-corrected chi connectivity index (χ1v) is 6.32. The molecule has 7 heteroatoms. The number of hydrogen-bond donors (Lipinski definition) is 1. The molecule has 5 nitrogen and oxygen atoms in total. The molecule has 72 valence electrons. The van der Waals surface area contributed by atoms with E-state index in [2.05, 4.69) is 10.0 Å². The van der Waals surface area contributed by atoms with Gasteiger partial charge in [-0.3, -0.25) is 0 Å². The van der Waals surface area contributed by atoms with Gasteiger partial charge in [0.05, 0.1) is 13.2 Å². The van der Waals surface area contributed by atoms with Crippen molar-refractivity contribution < 1.29 is 9.29 Å². The summed E-state index contributed by atoms with van der Waals surface area (Å²) in [6.07, 6.45) is 1.57. The van der Waals surface area contributed by atoms with Gasteiger partial charge in [-0.2, -0.15) is 0 Å². The van der Waals surface area contributed by atoms with E-state index in [-0.39, 0.29) is 0 Å². The normalized spacial score (nSPS) is 17.6. The first-order valence-electron chi connectivity index (χ1n) is 3.33. The quantitative estimate of drug-likeness (QED) is 0.318. The smallest absolute Gasteiger partial charge is 0.0573 e. The van der Waals surface area contributed by atoms with Crippen LogP contribution >= 0.6 is 20.2 Å². The predicted molar refractivity (Wildman–Crippen MR) is 51.7 cm³/mol. The number of hydrogen-bond acceptors (Lipinski definition) is 3. The molecule has 0 aromatic carbocycles. The van der Waals surface area contributed by atoms with Crippen molar-refractivity contribution >= 4 is 20.2 Å². The lowest BCUT2D eigenvalue weighted by atomic mass is 10.7. The summed E-state index contributed by atoms with van der Waals surface area (Å²) < 4.78 is 14.1. The Morgan fingerprint density at radius 3 is 2.83 bits per heavy atom. The number of halogens is 1. The summed E-state index contributed by atoms with van der Waals surface area (Å²) in [5.41, 5.74) is 7.90. The van der Waals surface area contributed by atoms with Gasteiger partial charge in [-0.15, -0.1) is 0 Å². The molecular weight excluding hydrogens is 202 g/mol. The van der Waals surface area contributed by atoms with Crippen molar-refractivity contribution in [3.05, 3.63) is 10.4 Å². The Balaban J connectivity index is 3.16. The van der Waals surface area contributed by atoms with Gasteiger partial charge in [0.15, 0.2) is 0 Å². The highest BCUT2D eigenvalue weighted by Gasteiger charge is 2.07. The van der Waals surface area contributed by atoms with E-state index in [9.17, 15) is 0 Å². The van der Waals surface area contributed by atoms with Gasteiger partial charge in [0.25, 0.3) is 0 Å². The standard InChI is InChI=1S/C5H12ClN3O2S/c1-12(6,10)5-4-11-3-2-8-9-7/h10H,2-5H2,1H3. The van der Waals surface area contributed by atoms with Crippen molar-refractivity contribution in [1.29, 1.82) is 0 Å². The second-order valence-electron chi connectivity index (χ2n) is 2.20. The number of rotatable bonds is 6. The summed E-state index contributed by atoms with van der Waals surface area (Å²) >= 11 is 0. The number of azide groups is 1. The topological polar surface area (TPSA) is 78.2 Å². The second-order valence-corrected chi connectivity index (χ2v) is 6.47. The van der Waals surface area contributed by atoms with E-state index in [0.29, 0.717) is 25.5 Å². The van der Waals surface area contributed by atoms with Gasteiger partial charge in [-0.05, 0) is 16.2 Å². The fourth-order valence-electron chi connectivity index (χ4n) is 0.463. The summed E-state index contributed by atoms with van der Waals surface area (Å²) in [5, 5.41) is 3.27. The third kappa shape index (κ3) is 9.87. The van der Waals surface area contributed by atoms with E-state index in [1.165, 1.54) is 0 Å². The lowest BCUT2D eigenvalue weighted by molar-refractivity contribution is 0.157. The zero-order chi connectivity index (χ0) is 9.45. The summed E-state index contributed by atoms with van der Waals surface area (Å²) in [6.45, 7) is 1.08. The zero-order valence-electron chi connectivity index (χ0n) is 6.81. The highest BCUT2D eigenvalue weighted by Crippen LogP contribution is 2.43. The van der Waals surface area contributed by atoms with Gasteiger partial charge < -0.3 is 9.29 Å². The van der Waals surface area contributed by atoms with Crippen LogP contribution in [0, 0.1) is 0 Å². The van der Waals surface area contributed by atoms with Crippen molar-refractivity contribution in [3.8, 4) is 0 Å². The number of ether oxygens (including phenoxy) is 1. The molecule has 0 spiro atoms. The molecule has 1 N–H and O–H groups in total. The van der Waals surface area contributed by atoms with Crippen molar-refractivity contribution in [2.75, 3.05) is 31.8 Å². The predicted octanol–water partition coefficient (Wildman–Crippen LogP) is 2.37. The van der Waals surface area contributed by atoms with E-state index >= 15 is 0 Å². The minimum Gasteiger partial charge on any atom is -0.380 e. The van der Waals surface area contributed by atoms with Gasteiger partial charge >= 0.3 is 0 Å². The molecule has 0 bridgehead atoms. The molecule has 0 radical (unpaired) electrons. The van der Waals surface area contributed by atoms with E-state index in [0.717, 1.165) is 0 Å². The molecule has 0 aliphatic rings. The van der Waals surface area contributed by atoms with Gasteiger partial charge in [0, 0.05) is 23.5 Å². The van der Waals surface area contributed by atoms with Crippen LogP contribution in [0.15, 0.2) is 5.11 Å². The maximum Gasteiger partial charge on any atom is 0.0573 e. The number of nitrogens with zero attached hydrogens (tertiary/aromatic N) is 3. The van der Waals surface area contributed by atoms with Crippen molar-refractivity contribution in [2.24, 2.45) is 5.11 Å². The Bertz CT molecular complexity index is 167. The molecular formula is C5H12ClN3O2S. The molecule has 0 saturated heterocycles. The summed E-state index contributed by atoms with van der Waals surface area (Å²) in [5.74, 6) is 0.435. The lowest BCUT2D eigenvalue weighted by Gasteiger charge is -2.19. The molecule has 0 aliphatic heterocycles. The van der Waals surface area contributed by atoms with Gasteiger partial charge in [-0.25, -0.2) is 0 Å². The fraction of sp³-hybridized carbons (Fsp3) is 1.00. The second kappa shape index (κ2) is 6.39. The maximum atomic E-state index is 9.11. The van der Waals surface area contributed by atoms with Crippen LogP contribution in [-0.2, 0) is 4.74 Å². The molecule has 0 aromatic heterocycles. The van der Waals surface area contributed by atoms with Crippen LogP contribution in [0.3, 0.4) is 0 Å². The van der Waals surface area contributed by atoms with E-state index < -0.39 is 9.52 Å². The first kappa shape index (κ1) is 11.9. The Morgan fingerprint density at radius 1 is 1.67 bits per heavy atom. The van der Waals surface area contributed by atoms with Crippen molar-refractivity contribution in [2.45, 2.75) is 0 Å². The van der Waals surface area contributed by atoms with E-state index in [1.807, 2.05) is 0 Å². The molecule has 0 fully saturated rings. The van der Waals surface area contributed by atoms with Crippen LogP contribution in [-0.4, -0.2) is 36.3 Å². The van der Waals surface area contributed by atoms with Crippen LogP contribution in [0.5, 0.6) is 0 Å². The van der Waals surface area contributed by atoms with E-state index in [4.69, 9.17) is 25.5 Å². The van der Waals surface area contributed by atoms with Gasteiger partial charge in [0.1, 0.15) is 0 Å². The molecule has 1 unspecified atom stereocenters. The SMILES string of the molecule is CS(O)(Cl)CCOCCN=[N+]=[N-]. The minimum atomic E-state index is -1.97. The molecule has 0 aromatic rings. The molecule has 0 rings (SSSR count). The Hall–Kier alpha value is -0.130. The molecule has 0 aliphatic carbocycles. The minimum absolute atomic E-state index is 0.316. The Kier molecular flexibility index (Phi) is 6.32. The molecule has 1 atom stereocenters. The maximum absolute atomic E-state index is 9.11. The van der Waals surface area contributed by atoms with Crippen LogP contribution in [0.2, 0.25) is 0 Å². The summed E-state index contributed by atoms with van der Waals surface area (Å²) in [4.78, 5) is 2.56. The molecule has 0 saturated carbocycles. The van der Waals surface area contributed by atoms with Crippen LogP contribution < -0.4 is 0 Å². The highest BCUT2D eigenvalue weighted by atomic mass is 35.7. The third-order valence-corrected chi connectivity index (χ3v) is 2.37. The van der Waals surface area contributed by atoms with Crippen molar-refractivity contribution in [3.63, 3.8) is 0 Å². The highest BCUT2D eigenvalue weighted by molar-refractivity contribution is 8.46. The monoisotopic (exact) mass is 213 g/mol. The van der Waals surface area contributed by atoms with Crippen molar-refractivity contribution in [1.82, 2.24) is 0 Å².